The zero-order valence-electron chi connectivity index (χ0n) is 20.3. The topological polar surface area (TPSA) is 83.0 Å². The van der Waals surface area contributed by atoms with E-state index < -0.39 is 38.8 Å². The smallest absolute Gasteiger partial charge is 0.395 e. The molecule has 5 nitrogen and oxygen atoms in total. The normalized spacial score (nSPS) is 20.9. The Morgan fingerprint density at radius 3 is 2.39 bits per heavy atom. The maximum absolute atomic E-state index is 13.8. The zero-order valence-corrected chi connectivity index (χ0v) is 22.6. The highest BCUT2D eigenvalue weighted by atomic mass is 35.5. The van der Waals surface area contributed by atoms with E-state index in [-0.39, 0.29) is 45.0 Å². The van der Waals surface area contributed by atoms with E-state index in [4.69, 9.17) is 23.2 Å². The number of fused-ring (bicyclic) bond motifs is 1. The van der Waals surface area contributed by atoms with Crippen LogP contribution in [0.2, 0.25) is 0 Å². The van der Waals surface area contributed by atoms with Crippen LogP contribution in [0.1, 0.15) is 65.5 Å². The van der Waals surface area contributed by atoms with Crippen LogP contribution < -0.4 is 0 Å². The highest BCUT2D eigenvalue weighted by Crippen LogP contribution is 2.49. The van der Waals surface area contributed by atoms with Crippen LogP contribution in [0.4, 0.5) is 13.2 Å². The Hall–Kier alpha value is -2.33. The van der Waals surface area contributed by atoms with Crippen molar-refractivity contribution < 1.29 is 26.7 Å². The monoisotopic (exact) mass is 584 g/mol. The van der Waals surface area contributed by atoms with E-state index in [2.05, 4.69) is 9.97 Å². The van der Waals surface area contributed by atoms with Gasteiger partial charge in [0.15, 0.2) is 9.84 Å². The number of aromatic amines is 1. The first-order valence-electron chi connectivity index (χ1n) is 12.2. The minimum atomic E-state index is -4.60. The van der Waals surface area contributed by atoms with E-state index in [9.17, 15) is 26.7 Å². The average Bonchev–Trinajstić information content (AvgIpc) is 3.56. The molecule has 5 rings (SSSR count). The third-order valence-corrected chi connectivity index (χ3v) is 10.1. The summed E-state index contributed by atoms with van der Waals surface area (Å²) in [5.41, 5.74) is 0.663. The van der Waals surface area contributed by atoms with E-state index >= 15 is 0 Å². The second-order valence-corrected chi connectivity index (χ2v) is 12.8. The van der Waals surface area contributed by atoms with Gasteiger partial charge in [0.25, 0.3) is 0 Å². The van der Waals surface area contributed by atoms with Crippen molar-refractivity contribution in [2.45, 2.75) is 48.1 Å². The molecule has 2 aliphatic rings. The van der Waals surface area contributed by atoms with Gasteiger partial charge >= 0.3 is 6.18 Å². The van der Waals surface area contributed by atoms with E-state index in [1.807, 2.05) is 0 Å². The van der Waals surface area contributed by atoms with Crippen LogP contribution in [0.3, 0.4) is 0 Å². The van der Waals surface area contributed by atoms with Gasteiger partial charge in [0.1, 0.15) is 11.5 Å². The van der Waals surface area contributed by atoms with Crippen molar-refractivity contribution >= 4 is 43.6 Å². The molecule has 0 bridgehead atoms. The molecule has 2 aromatic carbocycles. The summed E-state index contributed by atoms with van der Waals surface area (Å²) in [6.45, 7) is 1.43. The summed E-state index contributed by atoms with van der Waals surface area (Å²) in [5.74, 6) is -0.399. The molecule has 0 radical (unpaired) electrons. The number of aromatic nitrogens is 2. The number of hydrogen-bond acceptors (Lipinski definition) is 4. The number of rotatable bonds is 7. The first kappa shape index (κ1) is 27.2. The minimum Gasteiger partial charge on any atom is -0.395 e. The lowest BCUT2D eigenvalue weighted by Crippen LogP contribution is -2.21. The Bertz CT molecular complexity index is 1500. The van der Waals surface area contributed by atoms with Gasteiger partial charge in [-0.1, -0.05) is 48.9 Å². The molecule has 1 aromatic heterocycles. The Morgan fingerprint density at radius 1 is 1.13 bits per heavy atom. The Balaban J connectivity index is 1.52. The third kappa shape index (κ3) is 5.01. The molecule has 0 amide bonds. The van der Waals surface area contributed by atoms with Crippen molar-refractivity contribution in [2.75, 3.05) is 12.4 Å². The van der Waals surface area contributed by atoms with Gasteiger partial charge in [-0.25, -0.2) is 13.4 Å². The van der Waals surface area contributed by atoms with E-state index in [1.165, 1.54) is 30.3 Å². The standard InChI is InChI=1S/C27H25Cl2F3N2O3S/c1-14-22(28)21(18-4-2-3-5-20(18)27(30,31)32)23(29)25-24(14)33-26(34-25)19(12-35)16-8-10-17(11-9-16)38(36,37)13-15-6-7-15/h2-5,8-11,14-15,19,22,35H,6-7,12-13H2,1H3,(H,33,34). The van der Waals surface area contributed by atoms with Gasteiger partial charge in [0.05, 0.1) is 39.1 Å². The lowest BCUT2D eigenvalue weighted by Gasteiger charge is -2.28. The number of benzene rings is 2. The predicted octanol–water partition coefficient (Wildman–Crippen LogP) is 6.57. The first-order valence-corrected chi connectivity index (χ1v) is 14.6. The fourth-order valence-electron chi connectivity index (χ4n) is 4.89. The molecule has 0 aliphatic heterocycles. The summed E-state index contributed by atoms with van der Waals surface area (Å²) in [7, 11) is -3.38. The second-order valence-electron chi connectivity index (χ2n) is 9.87. The lowest BCUT2D eigenvalue weighted by atomic mass is 9.84. The molecule has 0 spiro atoms. The number of H-pyrrole nitrogens is 1. The number of sulfone groups is 1. The molecule has 1 saturated carbocycles. The molecule has 3 unspecified atom stereocenters. The maximum atomic E-state index is 13.8. The van der Waals surface area contributed by atoms with Crippen LogP contribution >= 0.6 is 23.2 Å². The average molecular weight is 585 g/mol. The summed E-state index contributed by atoms with van der Waals surface area (Å²) < 4.78 is 66.5. The molecule has 2 N–H and O–H groups in total. The lowest BCUT2D eigenvalue weighted by molar-refractivity contribution is -0.137. The first-order chi connectivity index (χ1) is 17.9. The van der Waals surface area contributed by atoms with Crippen LogP contribution in [0.15, 0.2) is 53.4 Å². The fraction of sp³-hybridized carbons (Fsp3) is 0.370. The maximum Gasteiger partial charge on any atom is 0.416 e. The number of aliphatic hydroxyl groups is 1. The largest absolute Gasteiger partial charge is 0.416 e. The number of halogens is 5. The molecular weight excluding hydrogens is 560 g/mol. The number of allylic oxidation sites excluding steroid dienone is 1. The number of nitrogens with one attached hydrogen (secondary N) is 1. The van der Waals surface area contributed by atoms with Gasteiger partial charge in [0, 0.05) is 11.6 Å². The van der Waals surface area contributed by atoms with Crippen molar-refractivity contribution in [3.05, 3.63) is 82.4 Å². The highest BCUT2D eigenvalue weighted by molar-refractivity contribution is 7.91. The highest BCUT2D eigenvalue weighted by Gasteiger charge is 2.40. The van der Waals surface area contributed by atoms with Crippen LogP contribution in [0.5, 0.6) is 0 Å². The molecule has 1 fully saturated rings. The quantitative estimate of drug-likeness (QED) is 0.308. The van der Waals surface area contributed by atoms with Gasteiger partial charge in [-0.3, -0.25) is 0 Å². The summed E-state index contributed by atoms with van der Waals surface area (Å²) in [4.78, 5) is 7.99. The van der Waals surface area contributed by atoms with Crippen LogP contribution in [0.25, 0.3) is 10.6 Å². The molecule has 2 aliphatic carbocycles. The molecule has 202 valence electrons. The Labute approximate surface area is 228 Å². The van der Waals surface area contributed by atoms with Crippen molar-refractivity contribution in [1.82, 2.24) is 9.97 Å². The molecule has 11 heteroatoms. The van der Waals surface area contributed by atoms with Crippen molar-refractivity contribution in [3.8, 4) is 0 Å². The summed E-state index contributed by atoms with van der Waals surface area (Å²) in [5, 5.41) is 9.36. The van der Waals surface area contributed by atoms with Gasteiger partial charge in [-0.2, -0.15) is 13.2 Å². The molecular formula is C27H25Cl2F3N2O3S. The van der Waals surface area contributed by atoms with Crippen LogP contribution in [-0.4, -0.2) is 41.2 Å². The molecule has 0 saturated heterocycles. The van der Waals surface area contributed by atoms with E-state index in [1.54, 1.807) is 19.1 Å². The number of nitrogens with zero attached hydrogens (tertiary/aromatic N) is 1. The van der Waals surface area contributed by atoms with Gasteiger partial charge < -0.3 is 10.1 Å². The van der Waals surface area contributed by atoms with Crippen molar-refractivity contribution in [2.24, 2.45) is 5.92 Å². The van der Waals surface area contributed by atoms with Gasteiger partial charge in [0.2, 0.25) is 0 Å². The number of aliphatic hydroxyl groups excluding tert-OH is 1. The van der Waals surface area contributed by atoms with Crippen molar-refractivity contribution in [1.29, 1.82) is 0 Å². The number of hydrogen-bond donors (Lipinski definition) is 2. The third-order valence-electron chi connectivity index (χ3n) is 7.19. The Morgan fingerprint density at radius 2 is 1.79 bits per heavy atom. The van der Waals surface area contributed by atoms with Crippen molar-refractivity contribution in [3.63, 3.8) is 0 Å². The summed E-state index contributed by atoms with van der Waals surface area (Å²) >= 11 is 13.4. The predicted molar refractivity (Wildman–Crippen MR) is 141 cm³/mol. The zero-order chi connectivity index (χ0) is 27.4. The molecule has 1 heterocycles. The van der Waals surface area contributed by atoms with Crippen LogP contribution in [0, 0.1) is 5.92 Å². The Kier molecular flexibility index (Phi) is 7.18. The van der Waals surface area contributed by atoms with Crippen LogP contribution in [-0.2, 0) is 16.0 Å². The molecule has 3 aromatic rings. The molecule has 3 atom stereocenters. The fourth-order valence-corrected chi connectivity index (χ4v) is 7.36. The minimum absolute atomic E-state index is 0.00973. The van der Waals surface area contributed by atoms with Gasteiger partial charge in [-0.05, 0) is 53.7 Å². The molecule has 38 heavy (non-hydrogen) atoms. The van der Waals surface area contributed by atoms with Gasteiger partial charge in [-0.15, -0.1) is 11.6 Å². The summed E-state index contributed by atoms with van der Waals surface area (Å²) in [6.07, 6.45) is -2.75. The number of imidazole rings is 1. The number of alkyl halides is 4. The SMILES string of the molecule is CC1c2[nH]c(C(CO)c3ccc(S(=O)(=O)CC4CC4)cc3)nc2C(Cl)=C(c2ccccc2C(F)(F)F)C1Cl. The van der Waals surface area contributed by atoms with E-state index in [0.717, 1.165) is 18.9 Å². The summed E-state index contributed by atoms with van der Waals surface area (Å²) in [6, 6.07) is 11.5. The van der Waals surface area contributed by atoms with E-state index in [0.29, 0.717) is 17.1 Å². The second kappa shape index (κ2) is 10.0.